The average Bonchev–Trinajstić information content (AvgIpc) is 2.24. The highest BCUT2D eigenvalue weighted by Gasteiger charge is 2.20. The van der Waals surface area contributed by atoms with E-state index in [-0.39, 0.29) is 18.4 Å². The van der Waals surface area contributed by atoms with Gasteiger partial charge in [0, 0.05) is 6.42 Å². The number of carbonyl (C=O) groups excluding carboxylic acids is 1. The Morgan fingerprint density at radius 1 is 1.53 bits per heavy atom. The highest BCUT2D eigenvalue weighted by atomic mass is 19.1. The molecule has 0 aliphatic rings. The Balaban J connectivity index is 3.79. The van der Waals surface area contributed by atoms with Gasteiger partial charge < -0.3 is 5.11 Å². The number of Topliss-reactive ketones (excluding diaryl/α,β-unsaturated/α-hetero) is 1. The Morgan fingerprint density at radius 3 is 2.73 bits per heavy atom. The number of hydrogen-bond donors (Lipinski definition) is 1. The van der Waals surface area contributed by atoms with Crippen molar-refractivity contribution < 1.29 is 14.3 Å². The molecule has 0 heterocycles. The number of halogens is 1. The van der Waals surface area contributed by atoms with Crippen molar-refractivity contribution in [3.05, 3.63) is 12.7 Å². The fourth-order valence-corrected chi connectivity index (χ4v) is 1.43. The van der Waals surface area contributed by atoms with Gasteiger partial charge in [-0.3, -0.25) is 9.18 Å². The summed E-state index contributed by atoms with van der Waals surface area (Å²) < 4.78 is 11.8. The van der Waals surface area contributed by atoms with E-state index >= 15 is 0 Å². The zero-order chi connectivity index (χ0) is 11.7. The van der Waals surface area contributed by atoms with Crippen LogP contribution in [0.25, 0.3) is 0 Å². The molecule has 0 aromatic rings. The van der Waals surface area contributed by atoms with Gasteiger partial charge in [0.1, 0.15) is 6.10 Å². The second-order valence-electron chi connectivity index (χ2n) is 3.90. The summed E-state index contributed by atoms with van der Waals surface area (Å²) in [5.74, 6) is -0.212. The first-order valence-corrected chi connectivity index (χ1v) is 5.51. The van der Waals surface area contributed by atoms with Crippen LogP contribution in [0.4, 0.5) is 4.39 Å². The summed E-state index contributed by atoms with van der Waals surface area (Å²) in [6.07, 6.45) is 3.65. The first-order valence-electron chi connectivity index (χ1n) is 5.51. The fraction of sp³-hybridized carbons (Fsp3) is 0.750. The molecule has 88 valence electrons. The van der Waals surface area contributed by atoms with Crippen LogP contribution in [0.2, 0.25) is 0 Å². The maximum absolute atomic E-state index is 11.8. The normalized spacial score (nSPS) is 14.6. The molecule has 2 unspecified atom stereocenters. The van der Waals surface area contributed by atoms with Crippen molar-refractivity contribution >= 4 is 5.78 Å². The average molecular weight is 216 g/mol. The predicted molar refractivity (Wildman–Crippen MR) is 59.4 cm³/mol. The molecule has 0 saturated carbocycles. The van der Waals surface area contributed by atoms with E-state index in [0.29, 0.717) is 25.7 Å². The van der Waals surface area contributed by atoms with Crippen LogP contribution in [0, 0.1) is 5.92 Å². The monoisotopic (exact) mass is 216 g/mol. The van der Waals surface area contributed by atoms with Crippen LogP contribution >= 0.6 is 0 Å². The van der Waals surface area contributed by atoms with Gasteiger partial charge in [-0.1, -0.05) is 19.4 Å². The van der Waals surface area contributed by atoms with Crippen LogP contribution in [0.15, 0.2) is 12.7 Å². The molecule has 2 atom stereocenters. The highest BCUT2D eigenvalue weighted by molar-refractivity contribution is 5.83. The smallest absolute Gasteiger partial charge is 0.161 e. The molecule has 0 aromatic heterocycles. The van der Waals surface area contributed by atoms with Gasteiger partial charge in [-0.25, -0.2) is 0 Å². The number of aliphatic hydroxyl groups is 1. The molecule has 0 bridgehead atoms. The van der Waals surface area contributed by atoms with Crippen LogP contribution < -0.4 is 0 Å². The summed E-state index contributed by atoms with van der Waals surface area (Å²) in [4.78, 5) is 11.4. The molecule has 0 amide bonds. The largest absolute Gasteiger partial charge is 0.385 e. The Bertz CT molecular complexity index is 192. The van der Waals surface area contributed by atoms with E-state index in [9.17, 15) is 14.3 Å². The van der Waals surface area contributed by atoms with Gasteiger partial charge in [-0.05, 0) is 25.2 Å². The Labute approximate surface area is 91.2 Å². The second-order valence-corrected chi connectivity index (χ2v) is 3.90. The number of rotatable bonds is 9. The number of carbonyl (C=O) groups is 1. The third-order valence-electron chi connectivity index (χ3n) is 2.51. The number of ketones is 1. The van der Waals surface area contributed by atoms with Crippen LogP contribution in [0.3, 0.4) is 0 Å². The van der Waals surface area contributed by atoms with E-state index in [0.717, 1.165) is 6.42 Å². The Hall–Kier alpha value is -0.700. The Kier molecular flexibility index (Phi) is 8.19. The lowest BCUT2D eigenvalue weighted by molar-refractivity contribution is -0.129. The number of unbranched alkanes of at least 4 members (excludes halogenated alkanes) is 1. The van der Waals surface area contributed by atoms with Crippen molar-refractivity contribution in [1.82, 2.24) is 0 Å². The van der Waals surface area contributed by atoms with Crippen LogP contribution in [-0.2, 0) is 4.79 Å². The number of aliphatic hydroxyl groups excluding tert-OH is 1. The lowest BCUT2D eigenvalue weighted by atomic mass is 9.93. The van der Waals surface area contributed by atoms with Gasteiger partial charge in [-0.2, -0.15) is 0 Å². The second kappa shape index (κ2) is 8.60. The number of allylic oxidation sites excluding steroid dienone is 1. The molecule has 0 aliphatic heterocycles. The molecule has 3 heteroatoms. The summed E-state index contributed by atoms with van der Waals surface area (Å²) >= 11 is 0. The van der Waals surface area contributed by atoms with Crippen LogP contribution in [0.5, 0.6) is 0 Å². The maximum atomic E-state index is 11.8. The predicted octanol–water partition coefficient (Wildman–Crippen LogP) is 2.66. The molecular formula is C12H21FO2. The molecule has 0 aliphatic carbocycles. The van der Waals surface area contributed by atoms with Crippen LogP contribution in [0.1, 0.15) is 39.0 Å². The first-order chi connectivity index (χ1) is 7.13. The van der Waals surface area contributed by atoms with Gasteiger partial charge in [0.25, 0.3) is 0 Å². The summed E-state index contributed by atoms with van der Waals surface area (Å²) in [7, 11) is 0. The standard InChI is InChI=1S/C12H21FO2/c1-3-4-8-11(14)12(15)10(2)7-5-6-9-13/h3,10,12,15H,1,4-9H2,2H3. The lowest BCUT2D eigenvalue weighted by Crippen LogP contribution is -2.27. The van der Waals surface area contributed by atoms with E-state index in [1.165, 1.54) is 0 Å². The number of alkyl halides is 1. The van der Waals surface area contributed by atoms with Crippen molar-refractivity contribution in [2.24, 2.45) is 5.92 Å². The zero-order valence-corrected chi connectivity index (χ0v) is 9.42. The van der Waals surface area contributed by atoms with Gasteiger partial charge in [0.2, 0.25) is 0 Å². The molecule has 0 aromatic carbocycles. The van der Waals surface area contributed by atoms with Gasteiger partial charge in [0.05, 0.1) is 6.67 Å². The summed E-state index contributed by atoms with van der Waals surface area (Å²) in [5, 5.41) is 9.63. The van der Waals surface area contributed by atoms with Crippen molar-refractivity contribution in [1.29, 1.82) is 0 Å². The third kappa shape index (κ3) is 6.39. The van der Waals surface area contributed by atoms with Crippen LogP contribution in [-0.4, -0.2) is 23.7 Å². The van der Waals surface area contributed by atoms with Gasteiger partial charge in [0.15, 0.2) is 5.78 Å². The van der Waals surface area contributed by atoms with Crippen molar-refractivity contribution in [2.75, 3.05) is 6.67 Å². The zero-order valence-electron chi connectivity index (χ0n) is 9.42. The maximum Gasteiger partial charge on any atom is 0.161 e. The molecule has 2 nitrogen and oxygen atoms in total. The molecule has 15 heavy (non-hydrogen) atoms. The third-order valence-corrected chi connectivity index (χ3v) is 2.51. The molecule has 0 fully saturated rings. The molecular weight excluding hydrogens is 195 g/mol. The van der Waals surface area contributed by atoms with E-state index in [1.54, 1.807) is 6.08 Å². The topological polar surface area (TPSA) is 37.3 Å². The van der Waals surface area contributed by atoms with E-state index in [2.05, 4.69) is 6.58 Å². The highest BCUT2D eigenvalue weighted by Crippen LogP contribution is 2.15. The van der Waals surface area contributed by atoms with Gasteiger partial charge >= 0.3 is 0 Å². The van der Waals surface area contributed by atoms with Crippen molar-refractivity contribution in [3.8, 4) is 0 Å². The van der Waals surface area contributed by atoms with Gasteiger partial charge in [-0.15, -0.1) is 6.58 Å². The fourth-order valence-electron chi connectivity index (χ4n) is 1.43. The minimum Gasteiger partial charge on any atom is -0.385 e. The minimum atomic E-state index is -0.899. The van der Waals surface area contributed by atoms with E-state index < -0.39 is 6.10 Å². The lowest BCUT2D eigenvalue weighted by Gasteiger charge is -2.17. The summed E-state index contributed by atoms with van der Waals surface area (Å²) in [6.45, 7) is 5.02. The van der Waals surface area contributed by atoms with Crippen molar-refractivity contribution in [2.45, 2.75) is 45.1 Å². The van der Waals surface area contributed by atoms with Crippen molar-refractivity contribution in [3.63, 3.8) is 0 Å². The summed E-state index contributed by atoms with van der Waals surface area (Å²) in [5.41, 5.74) is 0. The Morgan fingerprint density at radius 2 is 2.20 bits per heavy atom. The molecule has 1 N–H and O–H groups in total. The molecule has 0 rings (SSSR count). The first kappa shape index (κ1) is 14.3. The quantitative estimate of drug-likeness (QED) is 0.475. The van der Waals surface area contributed by atoms with E-state index in [4.69, 9.17) is 0 Å². The number of hydrogen-bond acceptors (Lipinski definition) is 2. The van der Waals surface area contributed by atoms with E-state index in [1.807, 2.05) is 6.92 Å². The molecule has 0 radical (unpaired) electrons. The molecule has 0 spiro atoms. The molecule has 0 saturated heterocycles. The summed E-state index contributed by atoms with van der Waals surface area (Å²) in [6, 6.07) is 0. The minimum absolute atomic E-state index is 0.0751. The SMILES string of the molecule is C=CCCC(=O)C(O)C(C)CCCCF.